The summed E-state index contributed by atoms with van der Waals surface area (Å²) in [4.78, 5) is 37.6. The van der Waals surface area contributed by atoms with Gasteiger partial charge in [-0.25, -0.2) is 9.18 Å². The van der Waals surface area contributed by atoms with Crippen molar-refractivity contribution in [2.24, 2.45) is 11.8 Å². The Labute approximate surface area is 205 Å². The van der Waals surface area contributed by atoms with Crippen molar-refractivity contribution in [1.29, 1.82) is 0 Å². The van der Waals surface area contributed by atoms with Crippen molar-refractivity contribution in [1.82, 2.24) is 0 Å². The number of rotatable bonds is 6. The van der Waals surface area contributed by atoms with Crippen LogP contribution in [-0.2, 0) is 28.6 Å². The van der Waals surface area contributed by atoms with Gasteiger partial charge in [-0.3, -0.25) is 9.59 Å². The molecule has 0 bridgehead atoms. The number of aliphatic hydroxyl groups is 4. The molecule has 1 aliphatic heterocycles. The number of aliphatic hydroxyl groups excluding tert-OH is 2. The van der Waals surface area contributed by atoms with Crippen molar-refractivity contribution in [3.8, 4) is 0 Å². The molecule has 10 nitrogen and oxygen atoms in total. The van der Waals surface area contributed by atoms with Gasteiger partial charge >= 0.3 is 11.9 Å². The van der Waals surface area contributed by atoms with Crippen LogP contribution in [0.2, 0.25) is 0 Å². The van der Waals surface area contributed by atoms with Crippen LogP contribution in [0.15, 0.2) is 23.8 Å². The van der Waals surface area contributed by atoms with E-state index in [4.69, 9.17) is 14.2 Å². The zero-order valence-corrected chi connectivity index (χ0v) is 20.1. The van der Waals surface area contributed by atoms with E-state index in [0.717, 1.165) is 0 Å². The maximum absolute atomic E-state index is 13.7. The van der Waals surface area contributed by atoms with Crippen LogP contribution in [0.3, 0.4) is 0 Å². The monoisotopic (exact) mass is 516 g/mol. The number of carbonyl (C=O) groups is 3. The molecule has 12 heteroatoms. The molecule has 3 aliphatic carbocycles. The lowest BCUT2D eigenvalue weighted by Gasteiger charge is -2.53. The minimum atomic E-state index is -2.59. The lowest BCUT2D eigenvalue weighted by Crippen LogP contribution is -2.67. The normalized spacial score (nSPS) is 45.6. The molecular weight excluding hydrogens is 486 g/mol. The van der Waals surface area contributed by atoms with E-state index in [-0.39, 0.29) is 18.4 Å². The second-order valence-electron chi connectivity index (χ2n) is 10.4. The summed E-state index contributed by atoms with van der Waals surface area (Å²) in [5.41, 5.74) is -8.10. The third kappa shape index (κ3) is 3.57. The standard InChI is InChI=1S/C24H30F2O10/c1-4-5-16(28)35-21(3)7-12-18-23(10-27,36-18)20(31)24(33)14(6-11(2)17(24)29)22(12,32)8-15(21)34-19(30)13(26)9-25/h6,9,12,14-15,18,20,27,31-33H,4-5,7-8,10H2,1-3H3/b13-9-. The van der Waals surface area contributed by atoms with Gasteiger partial charge in [0.05, 0.1) is 18.3 Å². The first-order chi connectivity index (χ1) is 16.7. The highest BCUT2D eigenvalue weighted by Gasteiger charge is 2.81. The molecule has 0 aromatic carbocycles. The van der Waals surface area contributed by atoms with Gasteiger partial charge in [0.25, 0.3) is 0 Å². The number of esters is 2. The molecule has 0 radical (unpaired) electrons. The molecule has 4 rings (SSSR count). The van der Waals surface area contributed by atoms with Crippen molar-refractivity contribution in [3.05, 3.63) is 23.8 Å². The molecule has 0 amide bonds. The van der Waals surface area contributed by atoms with E-state index in [1.807, 2.05) is 0 Å². The van der Waals surface area contributed by atoms with E-state index in [1.165, 1.54) is 19.9 Å². The van der Waals surface area contributed by atoms with Crippen molar-refractivity contribution in [3.63, 3.8) is 0 Å². The van der Waals surface area contributed by atoms with Crippen molar-refractivity contribution in [2.45, 2.75) is 87.2 Å². The first-order valence-corrected chi connectivity index (χ1v) is 11.8. The van der Waals surface area contributed by atoms with Crippen LogP contribution in [0.25, 0.3) is 0 Å². The maximum Gasteiger partial charge on any atom is 0.370 e. The summed E-state index contributed by atoms with van der Waals surface area (Å²) in [5.74, 6) is -7.57. The number of ether oxygens (including phenoxy) is 3. The highest BCUT2D eigenvalue weighted by atomic mass is 19.2. The Kier molecular flexibility index (Phi) is 6.45. The highest BCUT2D eigenvalue weighted by molar-refractivity contribution is 6.05. The first kappa shape index (κ1) is 26.8. The summed E-state index contributed by atoms with van der Waals surface area (Å²) < 4.78 is 42.8. The zero-order valence-electron chi connectivity index (χ0n) is 20.1. The van der Waals surface area contributed by atoms with Gasteiger partial charge in [0.1, 0.15) is 29.7 Å². The van der Waals surface area contributed by atoms with Crippen LogP contribution in [0.5, 0.6) is 0 Å². The molecule has 0 spiro atoms. The number of hydrogen-bond donors (Lipinski definition) is 4. The molecule has 3 fully saturated rings. The van der Waals surface area contributed by atoms with Gasteiger partial charge in [0.2, 0.25) is 5.83 Å². The van der Waals surface area contributed by atoms with Gasteiger partial charge in [0.15, 0.2) is 11.4 Å². The number of carbonyl (C=O) groups excluding carboxylic acids is 3. The number of halogens is 2. The summed E-state index contributed by atoms with van der Waals surface area (Å²) in [6, 6.07) is 0. The fourth-order valence-corrected chi connectivity index (χ4v) is 6.32. The van der Waals surface area contributed by atoms with Gasteiger partial charge in [0, 0.05) is 24.7 Å². The average Bonchev–Trinajstić information content (AvgIpc) is 3.52. The molecule has 4 aliphatic rings. The van der Waals surface area contributed by atoms with E-state index < -0.39 is 95.5 Å². The topological polar surface area (TPSA) is 163 Å². The Bertz CT molecular complexity index is 1040. The molecule has 36 heavy (non-hydrogen) atoms. The molecular formula is C24H30F2O10. The Balaban J connectivity index is 1.83. The molecule has 200 valence electrons. The van der Waals surface area contributed by atoms with Gasteiger partial charge in [-0.05, 0) is 32.3 Å². The van der Waals surface area contributed by atoms with E-state index in [1.54, 1.807) is 6.92 Å². The van der Waals surface area contributed by atoms with Crippen LogP contribution in [0.4, 0.5) is 8.78 Å². The summed E-state index contributed by atoms with van der Waals surface area (Å²) in [5, 5.41) is 44.8. The first-order valence-electron chi connectivity index (χ1n) is 11.8. The molecule has 9 unspecified atom stereocenters. The summed E-state index contributed by atoms with van der Waals surface area (Å²) in [6.07, 6.45) is -4.27. The fourth-order valence-electron chi connectivity index (χ4n) is 6.32. The highest BCUT2D eigenvalue weighted by Crippen LogP contribution is 2.64. The van der Waals surface area contributed by atoms with Crippen LogP contribution in [0, 0.1) is 11.8 Å². The van der Waals surface area contributed by atoms with E-state index >= 15 is 0 Å². The van der Waals surface area contributed by atoms with E-state index in [9.17, 15) is 43.6 Å². The quantitative estimate of drug-likeness (QED) is 0.219. The van der Waals surface area contributed by atoms with Gasteiger partial charge in [-0.1, -0.05) is 13.0 Å². The minimum Gasteiger partial charge on any atom is -0.455 e. The van der Waals surface area contributed by atoms with Gasteiger partial charge in [-0.15, -0.1) is 0 Å². The molecule has 0 aromatic heterocycles. The van der Waals surface area contributed by atoms with Crippen molar-refractivity contribution >= 4 is 17.7 Å². The Hall–Kier alpha value is -2.25. The second kappa shape index (κ2) is 8.66. The average molecular weight is 516 g/mol. The van der Waals surface area contributed by atoms with Crippen LogP contribution < -0.4 is 0 Å². The van der Waals surface area contributed by atoms with Crippen LogP contribution in [-0.4, -0.2) is 85.5 Å². The van der Waals surface area contributed by atoms with E-state index in [2.05, 4.69) is 0 Å². The lowest BCUT2D eigenvalue weighted by atomic mass is 9.60. The third-order valence-electron chi connectivity index (χ3n) is 8.22. The Morgan fingerprint density at radius 3 is 2.56 bits per heavy atom. The second-order valence-corrected chi connectivity index (χ2v) is 10.4. The molecule has 9 atom stereocenters. The number of hydrogen-bond acceptors (Lipinski definition) is 10. The number of ketones is 1. The fraction of sp³-hybridized carbons (Fsp3) is 0.708. The Morgan fingerprint density at radius 1 is 1.31 bits per heavy atom. The number of Topliss-reactive ketones (excluding diaryl/α,β-unsaturated/α-hetero) is 1. The van der Waals surface area contributed by atoms with Crippen molar-refractivity contribution < 1.29 is 57.8 Å². The molecule has 2 saturated carbocycles. The van der Waals surface area contributed by atoms with Crippen LogP contribution >= 0.6 is 0 Å². The molecule has 4 N–H and O–H groups in total. The smallest absolute Gasteiger partial charge is 0.370 e. The Morgan fingerprint density at radius 2 is 1.97 bits per heavy atom. The van der Waals surface area contributed by atoms with Crippen molar-refractivity contribution in [2.75, 3.05) is 6.61 Å². The lowest BCUT2D eigenvalue weighted by molar-refractivity contribution is -0.238. The maximum atomic E-state index is 13.7. The predicted octanol–water partition coefficient (Wildman–Crippen LogP) is 0.302. The zero-order chi connectivity index (χ0) is 26.8. The summed E-state index contributed by atoms with van der Waals surface area (Å²) in [6.45, 7) is 3.72. The van der Waals surface area contributed by atoms with Gasteiger partial charge in [-0.2, -0.15) is 4.39 Å². The van der Waals surface area contributed by atoms with E-state index in [0.29, 0.717) is 6.42 Å². The summed E-state index contributed by atoms with van der Waals surface area (Å²) in [7, 11) is 0. The SMILES string of the molecule is CCCC(=O)OC1(C)CC2C3OC3(CO)C(O)C3(O)C(=O)C(C)=CC3C2(O)CC1OC(=O)/C(F)=C/F. The molecule has 0 aromatic rings. The predicted molar refractivity (Wildman–Crippen MR) is 115 cm³/mol. The number of fused-ring (bicyclic) bond motifs is 5. The molecule has 1 heterocycles. The third-order valence-corrected chi connectivity index (χ3v) is 8.22. The summed E-state index contributed by atoms with van der Waals surface area (Å²) >= 11 is 0. The largest absolute Gasteiger partial charge is 0.455 e. The number of epoxide rings is 1. The van der Waals surface area contributed by atoms with Crippen LogP contribution in [0.1, 0.15) is 46.5 Å². The van der Waals surface area contributed by atoms with Gasteiger partial charge < -0.3 is 34.6 Å². The minimum absolute atomic E-state index is 0.00195. The molecule has 1 saturated heterocycles.